The standard InChI is InChI=1S/C12H19N2O/c1-2-3-4-5-6-10-7-8-11(14-13)12(15)9-10/h7-8,14-15H,2-6,13H2,1H3. The molecule has 0 fully saturated rings. The second-order valence-corrected chi connectivity index (χ2v) is 3.70. The lowest BCUT2D eigenvalue weighted by atomic mass is 10.1. The van der Waals surface area contributed by atoms with Crippen molar-refractivity contribution in [3.05, 3.63) is 23.8 Å². The van der Waals surface area contributed by atoms with E-state index in [9.17, 15) is 5.11 Å². The first-order chi connectivity index (χ1) is 7.27. The van der Waals surface area contributed by atoms with Gasteiger partial charge in [0.05, 0.1) is 5.69 Å². The molecule has 0 spiro atoms. The summed E-state index contributed by atoms with van der Waals surface area (Å²) in [4.78, 5) is 0. The zero-order chi connectivity index (χ0) is 11.1. The smallest absolute Gasteiger partial charge is 0.148 e. The van der Waals surface area contributed by atoms with Crippen molar-refractivity contribution in [3.63, 3.8) is 0 Å². The Morgan fingerprint density at radius 2 is 2.13 bits per heavy atom. The zero-order valence-electron chi connectivity index (χ0n) is 9.21. The highest BCUT2D eigenvalue weighted by Gasteiger charge is 2.01. The largest absolute Gasteiger partial charge is 0.505 e. The molecule has 0 aliphatic rings. The van der Waals surface area contributed by atoms with Crippen LogP contribution in [0.15, 0.2) is 12.1 Å². The summed E-state index contributed by atoms with van der Waals surface area (Å²) in [6, 6.07) is 6.64. The lowest BCUT2D eigenvalue weighted by Gasteiger charge is -2.05. The SMILES string of the molecule is CCCCCCc1[c]c(O)c(NN)cc1. The van der Waals surface area contributed by atoms with Gasteiger partial charge < -0.3 is 10.5 Å². The van der Waals surface area contributed by atoms with E-state index in [1.165, 1.54) is 19.3 Å². The summed E-state index contributed by atoms with van der Waals surface area (Å²) in [7, 11) is 0. The van der Waals surface area contributed by atoms with Gasteiger partial charge in [0.1, 0.15) is 5.75 Å². The Bertz CT molecular complexity index is 300. The van der Waals surface area contributed by atoms with Gasteiger partial charge in [0.15, 0.2) is 0 Å². The molecule has 0 amide bonds. The van der Waals surface area contributed by atoms with Gasteiger partial charge in [0.25, 0.3) is 0 Å². The average molecular weight is 207 g/mol. The monoisotopic (exact) mass is 207 g/mol. The van der Waals surface area contributed by atoms with Crippen LogP contribution in [0.5, 0.6) is 5.75 Å². The highest BCUT2D eigenvalue weighted by Crippen LogP contribution is 2.23. The number of hydrogen-bond donors (Lipinski definition) is 3. The van der Waals surface area contributed by atoms with Crippen molar-refractivity contribution in [2.75, 3.05) is 5.43 Å². The summed E-state index contributed by atoms with van der Waals surface area (Å²) >= 11 is 0. The highest BCUT2D eigenvalue weighted by atomic mass is 16.3. The van der Waals surface area contributed by atoms with Gasteiger partial charge in [-0.1, -0.05) is 32.3 Å². The number of unbranched alkanes of at least 4 members (excludes halogenated alkanes) is 3. The van der Waals surface area contributed by atoms with E-state index in [2.05, 4.69) is 18.4 Å². The van der Waals surface area contributed by atoms with Crippen LogP contribution in [0.25, 0.3) is 0 Å². The Balaban J connectivity index is 2.45. The normalized spacial score (nSPS) is 10.3. The highest BCUT2D eigenvalue weighted by molar-refractivity contribution is 5.55. The third-order valence-electron chi connectivity index (χ3n) is 2.44. The Morgan fingerprint density at radius 3 is 2.73 bits per heavy atom. The molecule has 83 valence electrons. The first kappa shape index (κ1) is 11.9. The van der Waals surface area contributed by atoms with Crippen molar-refractivity contribution in [1.29, 1.82) is 0 Å². The fraction of sp³-hybridized carbons (Fsp3) is 0.500. The molecule has 0 saturated carbocycles. The molecule has 0 aromatic heterocycles. The van der Waals surface area contributed by atoms with Gasteiger partial charge in [-0.3, -0.25) is 5.84 Å². The van der Waals surface area contributed by atoms with E-state index in [1.807, 2.05) is 6.07 Å². The van der Waals surface area contributed by atoms with Crippen molar-refractivity contribution in [2.24, 2.45) is 5.84 Å². The van der Waals surface area contributed by atoms with Crippen LogP contribution in [0.1, 0.15) is 38.2 Å². The van der Waals surface area contributed by atoms with Crippen molar-refractivity contribution >= 4 is 5.69 Å². The van der Waals surface area contributed by atoms with Crippen LogP contribution < -0.4 is 11.3 Å². The molecule has 0 atom stereocenters. The predicted molar refractivity (Wildman–Crippen MR) is 62.6 cm³/mol. The molecule has 4 N–H and O–H groups in total. The maximum atomic E-state index is 9.50. The first-order valence-corrected chi connectivity index (χ1v) is 5.48. The molecule has 0 aliphatic heterocycles. The number of hydrogen-bond acceptors (Lipinski definition) is 3. The lowest BCUT2D eigenvalue weighted by Crippen LogP contribution is -2.06. The third kappa shape index (κ3) is 3.80. The summed E-state index contributed by atoms with van der Waals surface area (Å²) in [5.41, 5.74) is 3.98. The van der Waals surface area contributed by atoms with E-state index in [4.69, 9.17) is 5.84 Å². The van der Waals surface area contributed by atoms with Gasteiger partial charge >= 0.3 is 0 Å². The molecule has 0 bridgehead atoms. The predicted octanol–water partition coefficient (Wildman–Crippen LogP) is 2.60. The number of aryl methyl sites for hydroxylation is 1. The molecule has 0 aliphatic carbocycles. The van der Waals surface area contributed by atoms with Crippen LogP contribution in [0, 0.1) is 6.07 Å². The minimum absolute atomic E-state index is 0.102. The molecule has 0 saturated heterocycles. The molecular weight excluding hydrogens is 188 g/mol. The Kier molecular flexibility index (Phi) is 4.98. The summed E-state index contributed by atoms with van der Waals surface area (Å²) in [5.74, 6) is 5.31. The molecule has 15 heavy (non-hydrogen) atoms. The van der Waals surface area contributed by atoms with E-state index in [0.29, 0.717) is 5.69 Å². The number of rotatable bonds is 6. The van der Waals surface area contributed by atoms with E-state index in [1.54, 1.807) is 6.07 Å². The topological polar surface area (TPSA) is 58.3 Å². The Morgan fingerprint density at radius 1 is 1.33 bits per heavy atom. The number of phenolic OH excluding ortho intramolecular Hbond substituents is 1. The molecule has 3 heteroatoms. The quantitative estimate of drug-likeness (QED) is 0.291. The average Bonchev–Trinajstić information content (AvgIpc) is 2.25. The van der Waals surface area contributed by atoms with Gasteiger partial charge in [-0.05, 0) is 24.5 Å². The third-order valence-corrected chi connectivity index (χ3v) is 2.44. The first-order valence-electron chi connectivity index (χ1n) is 5.48. The number of nitrogens with one attached hydrogen (secondary N) is 1. The number of phenols is 1. The summed E-state index contributed by atoms with van der Waals surface area (Å²) in [6.45, 7) is 2.19. The summed E-state index contributed by atoms with van der Waals surface area (Å²) in [5, 5.41) is 9.50. The van der Waals surface area contributed by atoms with Crippen molar-refractivity contribution in [1.82, 2.24) is 0 Å². The van der Waals surface area contributed by atoms with Crippen LogP contribution in [0.2, 0.25) is 0 Å². The lowest BCUT2D eigenvalue weighted by molar-refractivity contribution is 0.475. The molecule has 1 radical (unpaired) electrons. The molecule has 1 rings (SSSR count). The number of nitrogen functional groups attached to an aromatic ring is 1. The number of anilines is 1. The maximum absolute atomic E-state index is 9.50. The van der Waals surface area contributed by atoms with Gasteiger partial charge in [-0.15, -0.1) is 0 Å². The van der Waals surface area contributed by atoms with E-state index < -0.39 is 0 Å². The number of nitrogens with two attached hydrogens (primary N) is 1. The maximum Gasteiger partial charge on any atom is 0.148 e. The molecule has 3 nitrogen and oxygen atoms in total. The Labute approximate surface area is 91.3 Å². The molecule has 0 unspecified atom stereocenters. The summed E-state index contributed by atoms with van der Waals surface area (Å²) < 4.78 is 0. The molecular formula is C12H19N2O. The van der Waals surface area contributed by atoms with Crippen LogP contribution in [-0.4, -0.2) is 5.11 Å². The molecule has 0 heterocycles. The van der Waals surface area contributed by atoms with E-state index in [-0.39, 0.29) is 5.75 Å². The summed E-state index contributed by atoms with van der Waals surface area (Å²) in [6.07, 6.45) is 5.87. The molecule has 1 aromatic rings. The van der Waals surface area contributed by atoms with Crippen molar-refractivity contribution < 1.29 is 5.11 Å². The fourth-order valence-corrected chi connectivity index (χ4v) is 1.53. The number of hydrazine groups is 1. The van der Waals surface area contributed by atoms with Gasteiger partial charge in [0, 0.05) is 6.07 Å². The van der Waals surface area contributed by atoms with Crippen LogP contribution in [-0.2, 0) is 6.42 Å². The second kappa shape index (κ2) is 6.30. The molecule has 1 aromatic carbocycles. The van der Waals surface area contributed by atoms with E-state index in [0.717, 1.165) is 18.4 Å². The van der Waals surface area contributed by atoms with Gasteiger partial charge in [0.2, 0.25) is 0 Å². The number of benzene rings is 1. The van der Waals surface area contributed by atoms with Crippen LogP contribution in [0.3, 0.4) is 0 Å². The second-order valence-electron chi connectivity index (χ2n) is 3.70. The van der Waals surface area contributed by atoms with Crippen LogP contribution >= 0.6 is 0 Å². The van der Waals surface area contributed by atoms with Crippen LogP contribution in [0.4, 0.5) is 5.69 Å². The van der Waals surface area contributed by atoms with E-state index >= 15 is 0 Å². The minimum atomic E-state index is 0.102. The van der Waals surface area contributed by atoms with Gasteiger partial charge in [-0.25, -0.2) is 0 Å². The zero-order valence-corrected chi connectivity index (χ0v) is 9.21. The van der Waals surface area contributed by atoms with Crippen molar-refractivity contribution in [2.45, 2.75) is 39.0 Å². The van der Waals surface area contributed by atoms with Gasteiger partial charge in [-0.2, -0.15) is 0 Å². The number of aromatic hydroxyl groups is 1. The Hall–Kier alpha value is -1.22. The fourth-order valence-electron chi connectivity index (χ4n) is 1.53. The minimum Gasteiger partial charge on any atom is -0.505 e. The van der Waals surface area contributed by atoms with Crippen molar-refractivity contribution in [3.8, 4) is 5.75 Å².